The van der Waals surface area contributed by atoms with Crippen molar-refractivity contribution in [3.05, 3.63) is 57.7 Å². The molecule has 0 aromatic heterocycles. The van der Waals surface area contributed by atoms with Crippen LogP contribution in [0.2, 0.25) is 0 Å². The molecule has 1 aliphatic heterocycles. The van der Waals surface area contributed by atoms with E-state index in [0.717, 1.165) is 11.1 Å². The Balaban J connectivity index is 2.60. The zero-order chi connectivity index (χ0) is 20.4. The van der Waals surface area contributed by atoms with Gasteiger partial charge in [-0.25, -0.2) is 4.79 Å². The molecular formula is C23H30O4. The van der Waals surface area contributed by atoms with E-state index in [1.165, 1.54) is 5.57 Å². The van der Waals surface area contributed by atoms with Crippen molar-refractivity contribution in [3.8, 4) is 11.5 Å². The summed E-state index contributed by atoms with van der Waals surface area (Å²) in [6.45, 7) is 11.9. The zero-order valence-corrected chi connectivity index (χ0v) is 17.1. The fourth-order valence-electron chi connectivity index (χ4n) is 3.33. The van der Waals surface area contributed by atoms with Gasteiger partial charge in [0.1, 0.15) is 22.7 Å². The molecule has 0 radical (unpaired) electrons. The second-order valence-corrected chi connectivity index (χ2v) is 7.94. The van der Waals surface area contributed by atoms with Gasteiger partial charge in [-0.1, -0.05) is 29.4 Å². The van der Waals surface area contributed by atoms with Crippen LogP contribution in [-0.2, 0) is 12.8 Å². The highest BCUT2D eigenvalue weighted by Gasteiger charge is 2.35. The lowest BCUT2D eigenvalue weighted by Crippen LogP contribution is -2.35. The molecule has 0 spiro atoms. The lowest BCUT2D eigenvalue weighted by Gasteiger charge is -2.36. The summed E-state index contributed by atoms with van der Waals surface area (Å²) in [5.41, 5.74) is 3.84. The molecule has 0 unspecified atom stereocenters. The Kier molecular flexibility index (Phi) is 6.19. The number of carboxylic acids is 1. The summed E-state index contributed by atoms with van der Waals surface area (Å²) in [6, 6.07) is 0. The van der Waals surface area contributed by atoms with Crippen LogP contribution < -0.4 is 4.74 Å². The number of fused-ring (bicyclic) bond motifs is 1. The minimum atomic E-state index is -1.11. The molecule has 2 rings (SSSR count). The van der Waals surface area contributed by atoms with E-state index >= 15 is 0 Å². The van der Waals surface area contributed by atoms with Crippen molar-refractivity contribution < 1.29 is 19.7 Å². The van der Waals surface area contributed by atoms with E-state index in [2.05, 4.69) is 6.08 Å². The van der Waals surface area contributed by atoms with Crippen LogP contribution in [0.1, 0.15) is 68.1 Å². The van der Waals surface area contributed by atoms with Gasteiger partial charge in [0.2, 0.25) is 0 Å². The lowest BCUT2D eigenvalue weighted by molar-refractivity contribution is 0.0691. The molecular weight excluding hydrogens is 340 g/mol. The van der Waals surface area contributed by atoms with E-state index in [1.54, 1.807) is 6.92 Å². The van der Waals surface area contributed by atoms with Gasteiger partial charge in [0.05, 0.1) is 0 Å². The van der Waals surface area contributed by atoms with Crippen LogP contribution >= 0.6 is 0 Å². The molecule has 2 N–H and O–H groups in total. The number of carbonyl (C=O) groups is 1. The van der Waals surface area contributed by atoms with Crippen molar-refractivity contribution in [2.75, 3.05) is 0 Å². The maximum atomic E-state index is 11.7. The summed E-state index contributed by atoms with van der Waals surface area (Å²) in [5, 5.41) is 20.2. The van der Waals surface area contributed by atoms with Crippen molar-refractivity contribution in [2.24, 2.45) is 0 Å². The predicted molar refractivity (Wildman–Crippen MR) is 109 cm³/mol. The van der Waals surface area contributed by atoms with E-state index < -0.39 is 11.6 Å². The first kappa shape index (κ1) is 20.8. The fraction of sp³-hybridized carbons (Fsp3) is 0.435. The van der Waals surface area contributed by atoms with E-state index in [0.29, 0.717) is 36.1 Å². The van der Waals surface area contributed by atoms with Crippen LogP contribution in [-0.4, -0.2) is 21.8 Å². The van der Waals surface area contributed by atoms with E-state index in [4.69, 9.17) is 4.74 Å². The molecule has 4 heteroatoms. The number of rotatable bonds is 5. The number of phenols is 1. The highest BCUT2D eigenvalue weighted by molar-refractivity contribution is 5.94. The largest absolute Gasteiger partial charge is 0.507 e. The molecule has 146 valence electrons. The summed E-state index contributed by atoms with van der Waals surface area (Å²) >= 11 is 0. The third kappa shape index (κ3) is 4.62. The van der Waals surface area contributed by atoms with Gasteiger partial charge in [-0.3, -0.25) is 0 Å². The van der Waals surface area contributed by atoms with Gasteiger partial charge < -0.3 is 14.9 Å². The summed E-state index contributed by atoms with van der Waals surface area (Å²) in [4.78, 5) is 11.7. The lowest BCUT2D eigenvalue weighted by atomic mass is 9.86. The maximum absolute atomic E-state index is 11.7. The van der Waals surface area contributed by atoms with Crippen LogP contribution in [0.4, 0.5) is 0 Å². The average molecular weight is 370 g/mol. The second kappa shape index (κ2) is 8.03. The minimum absolute atomic E-state index is 0.0156. The Morgan fingerprint density at radius 2 is 1.89 bits per heavy atom. The average Bonchev–Trinajstić information content (AvgIpc) is 2.53. The van der Waals surface area contributed by atoms with E-state index in [-0.39, 0.29) is 11.3 Å². The van der Waals surface area contributed by atoms with Crippen LogP contribution in [0.3, 0.4) is 0 Å². The van der Waals surface area contributed by atoms with Gasteiger partial charge in [-0.05, 0) is 72.4 Å². The number of aromatic hydroxyl groups is 1. The summed E-state index contributed by atoms with van der Waals surface area (Å²) in [5.74, 6) is -0.641. The molecule has 1 aromatic rings. The molecule has 0 amide bonds. The van der Waals surface area contributed by atoms with Gasteiger partial charge in [0, 0.05) is 11.1 Å². The Morgan fingerprint density at radius 3 is 2.44 bits per heavy atom. The number of benzene rings is 1. The third-order valence-electron chi connectivity index (χ3n) is 4.91. The topological polar surface area (TPSA) is 66.8 Å². The predicted octanol–water partition coefficient (Wildman–Crippen LogP) is 5.51. The first-order chi connectivity index (χ1) is 12.6. The highest BCUT2D eigenvalue weighted by Crippen LogP contribution is 2.45. The van der Waals surface area contributed by atoms with Crippen LogP contribution in [0.15, 0.2) is 35.5 Å². The number of hydrogen-bond donors (Lipinski definition) is 2. The van der Waals surface area contributed by atoms with Gasteiger partial charge >= 0.3 is 5.97 Å². The van der Waals surface area contributed by atoms with Crippen LogP contribution in [0.5, 0.6) is 11.5 Å². The molecule has 1 heterocycles. The van der Waals surface area contributed by atoms with Crippen molar-refractivity contribution in [1.29, 1.82) is 0 Å². The number of allylic oxidation sites excluding steroid dienone is 5. The SMILES string of the molecule is CC(C)=CC=C[C@@]1(C)CCc2c(O)c(C(=O)O)c(C)c(CC=C(C)C)c2O1. The monoisotopic (exact) mass is 370 g/mol. The molecule has 27 heavy (non-hydrogen) atoms. The highest BCUT2D eigenvalue weighted by atomic mass is 16.5. The summed E-state index contributed by atoms with van der Waals surface area (Å²) in [7, 11) is 0. The van der Waals surface area contributed by atoms with Gasteiger partial charge in [0.15, 0.2) is 0 Å². The second-order valence-electron chi connectivity index (χ2n) is 7.94. The molecule has 0 aliphatic carbocycles. The zero-order valence-electron chi connectivity index (χ0n) is 17.1. The molecule has 0 fully saturated rings. The van der Waals surface area contributed by atoms with Crippen molar-refractivity contribution in [3.63, 3.8) is 0 Å². The first-order valence-electron chi connectivity index (χ1n) is 9.31. The maximum Gasteiger partial charge on any atom is 0.339 e. The quantitative estimate of drug-likeness (QED) is 0.529. The molecule has 1 atom stereocenters. The van der Waals surface area contributed by atoms with Gasteiger partial charge in [-0.2, -0.15) is 0 Å². The number of ether oxygens (including phenoxy) is 1. The normalized spacial score (nSPS) is 18.6. The standard InChI is InChI=1S/C23H30O4/c1-14(2)8-7-12-23(6)13-11-18-20(24)19(22(25)26)16(5)17(21(18)27-23)10-9-15(3)4/h7-9,12,24H,10-11,13H2,1-6H3,(H,25,26)/t23-/m0/s1. The van der Waals surface area contributed by atoms with Crippen LogP contribution in [0.25, 0.3) is 0 Å². The first-order valence-corrected chi connectivity index (χ1v) is 9.31. The van der Waals surface area contributed by atoms with Crippen molar-refractivity contribution in [1.82, 2.24) is 0 Å². The molecule has 1 aliphatic rings. The number of aromatic carboxylic acids is 1. The summed E-state index contributed by atoms with van der Waals surface area (Å²) in [6.07, 6.45) is 9.93. The Morgan fingerprint density at radius 1 is 1.22 bits per heavy atom. The number of hydrogen-bond acceptors (Lipinski definition) is 3. The Labute approximate surface area is 161 Å². The van der Waals surface area contributed by atoms with Crippen molar-refractivity contribution in [2.45, 2.75) is 66.4 Å². The third-order valence-corrected chi connectivity index (χ3v) is 4.91. The molecule has 1 aromatic carbocycles. The van der Waals surface area contributed by atoms with E-state index in [9.17, 15) is 15.0 Å². The smallest absolute Gasteiger partial charge is 0.339 e. The molecule has 0 saturated carbocycles. The van der Waals surface area contributed by atoms with Gasteiger partial charge in [-0.15, -0.1) is 0 Å². The molecule has 0 saturated heterocycles. The minimum Gasteiger partial charge on any atom is -0.507 e. The molecule has 0 bridgehead atoms. The van der Waals surface area contributed by atoms with Crippen LogP contribution in [0, 0.1) is 6.92 Å². The number of carboxylic acid groups (broad SMARTS) is 1. The van der Waals surface area contributed by atoms with E-state index in [1.807, 2.05) is 52.8 Å². The Hall–Kier alpha value is -2.49. The summed E-state index contributed by atoms with van der Waals surface area (Å²) < 4.78 is 6.36. The van der Waals surface area contributed by atoms with Crippen molar-refractivity contribution >= 4 is 5.97 Å². The Bertz CT molecular complexity index is 835. The fourth-order valence-corrected chi connectivity index (χ4v) is 3.33. The van der Waals surface area contributed by atoms with Gasteiger partial charge in [0.25, 0.3) is 0 Å². The molecule has 4 nitrogen and oxygen atoms in total.